The van der Waals surface area contributed by atoms with Gasteiger partial charge in [0.25, 0.3) is 0 Å². The number of nitrogens with two attached hydrogens (primary N) is 2. The van der Waals surface area contributed by atoms with Gasteiger partial charge in [0.1, 0.15) is 12.0 Å². The summed E-state index contributed by atoms with van der Waals surface area (Å²) >= 11 is 0. The highest BCUT2D eigenvalue weighted by molar-refractivity contribution is 5.73. The zero-order valence-corrected chi connectivity index (χ0v) is 8.31. The average molecular weight is 194 g/mol. The minimum atomic E-state index is 0.115. The summed E-state index contributed by atoms with van der Waals surface area (Å²) in [6.45, 7) is 7.35. The maximum absolute atomic E-state index is 5.72. The Hall–Kier alpha value is -1.85. The lowest BCUT2D eigenvalue weighted by molar-refractivity contribution is 0.706. The Morgan fingerprint density at radius 2 is 2.07 bits per heavy atom. The third-order valence-electron chi connectivity index (χ3n) is 1.75. The van der Waals surface area contributed by atoms with Gasteiger partial charge in [-0.3, -0.25) is 0 Å². The summed E-state index contributed by atoms with van der Waals surface area (Å²) in [6.07, 6.45) is 1.35. The monoisotopic (exact) mass is 194 g/mol. The number of rotatable bonds is 3. The number of hydrogen-bond acceptors (Lipinski definition) is 6. The van der Waals surface area contributed by atoms with Crippen LogP contribution in [0.1, 0.15) is 13.8 Å². The van der Waals surface area contributed by atoms with Gasteiger partial charge in [-0.15, -0.1) is 0 Å². The molecule has 0 bridgehead atoms. The fourth-order valence-corrected chi connectivity index (χ4v) is 1.06. The molecule has 0 atom stereocenters. The maximum atomic E-state index is 5.72. The van der Waals surface area contributed by atoms with Gasteiger partial charge in [0.2, 0.25) is 0 Å². The van der Waals surface area contributed by atoms with Crippen LogP contribution in [0.15, 0.2) is 11.4 Å². The fraction of sp³-hybridized carbons (Fsp3) is 0.375. The lowest BCUT2D eigenvalue weighted by Gasteiger charge is -2.22. The molecule has 0 aliphatic heterocycles. The first kappa shape index (κ1) is 10.2. The van der Waals surface area contributed by atoms with Crippen molar-refractivity contribution < 1.29 is 0 Å². The van der Waals surface area contributed by atoms with Crippen LogP contribution in [-0.2, 0) is 0 Å². The van der Waals surface area contributed by atoms with Gasteiger partial charge in [-0.05, 0) is 13.8 Å². The van der Waals surface area contributed by atoms with E-state index >= 15 is 0 Å². The van der Waals surface area contributed by atoms with Crippen molar-refractivity contribution in [2.45, 2.75) is 19.9 Å². The maximum Gasteiger partial charge on any atom is 0.177 e. The van der Waals surface area contributed by atoms with E-state index in [0.29, 0.717) is 11.5 Å². The molecule has 14 heavy (non-hydrogen) atoms. The largest absolute Gasteiger partial charge is 0.393 e. The number of hydrogen-bond donors (Lipinski definition) is 2. The molecule has 1 aromatic heterocycles. The molecule has 6 nitrogen and oxygen atoms in total. The van der Waals surface area contributed by atoms with Crippen LogP contribution >= 0.6 is 0 Å². The van der Waals surface area contributed by atoms with Gasteiger partial charge < -0.3 is 11.5 Å². The summed E-state index contributed by atoms with van der Waals surface area (Å²) in [6, 6.07) is 0.115. The van der Waals surface area contributed by atoms with E-state index in [1.807, 2.05) is 13.8 Å². The smallest absolute Gasteiger partial charge is 0.177 e. The van der Waals surface area contributed by atoms with Gasteiger partial charge in [0.15, 0.2) is 11.6 Å². The second-order valence-electron chi connectivity index (χ2n) is 3.08. The van der Waals surface area contributed by atoms with Gasteiger partial charge in [0.05, 0.1) is 0 Å². The van der Waals surface area contributed by atoms with Crippen LogP contribution in [0.3, 0.4) is 0 Å². The summed E-state index contributed by atoms with van der Waals surface area (Å²) in [7, 11) is 0. The van der Waals surface area contributed by atoms with Gasteiger partial charge in [-0.25, -0.2) is 15.0 Å². The summed E-state index contributed by atoms with van der Waals surface area (Å²) in [5, 5.41) is 5.41. The predicted octanol–water partition coefficient (Wildman–Crippen LogP) is 0.471. The zero-order valence-electron chi connectivity index (χ0n) is 8.31. The molecule has 0 fully saturated rings. The summed E-state index contributed by atoms with van der Waals surface area (Å²) < 4.78 is 0. The molecular formula is C8H14N6. The van der Waals surface area contributed by atoms with Crippen molar-refractivity contribution in [1.29, 1.82) is 0 Å². The van der Waals surface area contributed by atoms with Gasteiger partial charge >= 0.3 is 0 Å². The second kappa shape index (κ2) is 3.91. The predicted molar refractivity (Wildman–Crippen MR) is 58.0 cm³/mol. The summed E-state index contributed by atoms with van der Waals surface area (Å²) in [5.74, 6) is 0.742. The van der Waals surface area contributed by atoms with E-state index < -0.39 is 0 Å². The number of nitrogen functional groups attached to an aromatic ring is 2. The molecule has 1 heterocycles. The molecule has 0 saturated heterocycles. The van der Waals surface area contributed by atoms with Gasteiger partial charge in [0, 0.05) is 12.8 Å². The molecule has 0 aliphatic rings. The molecule has 1 rings (SSSR count). The van der Waals surface area contributed by atoms with Gasteiger partial charge in [-0.1, -0.05) is 0 Å². The molecule has 6 heteroatoms. The highest BCUT2D eigenvalue weighted by atomic mass is 15.5. The van der Waals surface area contributed by atoms with Crippen molar-refractivity contribution in [2.75, 3.05) is 16.5 Å². The molecular weight excluding hydrogens is 180 g/mol. The number of nitrogens with zero attached hydrogens (tertiary/aromatic N) is 4. The van der Waals surface area contributed by atoms with Crippen LogP contribution in [0.2, 0.25) is 0 Å². The number of hydrazone groups is 1. The summed E-state index contributed by atoms with van der Waals surface area (Å²) in [5.41, 5.74) is 11.6. The molecule has 4 N–H and O–H groups in total. The van der Waals surface area contributed by atoms with Crippen LogP contribution in [0.25, 0.3) is 0 Å². The molecule has 0 amide bonds. The normalized spacial score (nSPS) is 10.2. The van der Waals surface area contributed by atoms with Crippen molar-refractivity contribution in [3.63, 3.8) is 0 Å². The van der Waals surface area contributed by atoms with Crippen LogP contribution < -0.4 is 16.5 Å². The molecule has 0 radical (unpaired) electrons. The Morgan fingerprint density at radius 1 is 1.43 bits per heavy atom. The summed E-state index contributed by atoms with van der Waals surface area (Å²) in [4.78, 5) is 7.78. The van der Waals surface area contributed by atoms with E-state index in [1.54, 1.807) is 5.01 Å². The van der Waals surface area contributed by atoms with Crippen LogP contribution in [0, 0.1) is 0 Å². The van der Waals surface area contributed by atoms with Crippen molar-refractivity contribution in [1.82, 2.24) is 9.97 Å². The van der Waals surface area contributed by atoms with E-state index in [1.165, 1.54) is 6.33 Å². The van der Waals surface area contributed by atoms with Crippen molar-refractivity contribution in [3.05, 3.63) is 6.33 Å². The van der Waals surface area contributed by atoms with Crippen LogP contribution in [0.4, 0.5) is 17.3 Å². The van der Waals surface area contributed by atoms with Crippen molar-refractivity contribution in [2.24, 2.45) is 5.10 Å². The Bertz CT molecular complexity index is 335. The Morgan fingerprint density at radius 3 is 2.57 bits per heavy atom. The zero-order chi connectivity index (χ0) is 10.7. The minimum absolute atomic E-state index is 0.115. The minimum Gasteiger partial charge on any atom is -0.393 e. The van der Waals surface area contributed by atoms with E-state index in [0.717, 1.165) is 0 Å². The van der Waals surface area contributed by atoms with E-state index in [-0.39, 0.29) is 11.9 Å². The fourth-order valence-electron chi connectivity index (χ4n) is 1.06. The number of aromatic nitrogens is 2. The highest BCUT2D eigenvalue weighted by Crippen LogP contribution is 2.25. The van der Waals surface area contributed by atoms with Crippen LogP contribution in [0.5, 0.6) is 0 Å². The quantitative estimate of drug-likeness (QED) is 0.539. The Balaban J connectivity index is 3.16. The first-order valence-electron chi connectivity index (χ1n) is 4.19. The highest BCUT2D eigenvalue weighted by Gasteiger charge is 2.15. The topological polar surface area (TPSA) is 93.4 Å². The molecule has 1 aromatic rings. The van der Waals surface area contributed by atoms with Crippen LogP contribution in [-0.4, -0.2) is 22.7 Å². The van der Waals surface area contributed by atoms with Gasteiger partial charge in [-0.2, -0.15) is 5.10 Å². The van der Waals surface area contributed by atoms with E-state index in [4.69, 9.17) is 11.5 Å². The molecule has 0 aromatic carbocycles. The molecule has 0 aliphatic carbocycles. The lowest BCUT2D eigenvalue weighted by Crippen LogP contribution is -2.26. The first-order valence-corrected chi connectivity index (χ1v) is 4.19. The molecule has 76 valence electrons. The molecule has 0 saturated carbocycles. The Labute approximate surface area is 82.6 Å². The Kier molecular flexibility index (Phi) is 2.85. The third kappa shape index (κ3) is 1.73. The average Bonchev–Trinajstić information content (AvgIpc) is 2.13. The standard InChI is InChI=1S/C8H14N6/c1-5(2)14(11-3)8-6(9)7(10)12-4-13-8/h4-5H,3,9H2,1-2H3,(H2,10,12,13). The molecule has 0 unspecified atom stereocenters. The van der Waals surface area contributed by atoms with E-state index in [2.05, 4.69) is 21.8 Å². The third-order valence-corrected chi connectivity index (χ3v) is 1.75. The first-order chi connectivity index (χ1) is 6.57. The molecule has 0 spiro atoms. The number of anilines is 3. The van der Waals surface area contributed by atoms with Crippen molar-refractivity contribution >= 4 is 24.0 Å². The second-order valence-corrected chi connectivity index (χ2v) is 3.08. The van der Waals surface area contributed by atoms with E-state index in [9.17, 15) is 0 Å². The van der Waals surface area contributed by atoms with Crippen molar-refractivity contribution in [3.8, 4) is 0 Å². The lowest BCUT2D eigenvalue weighted by atomic mass is 10.3. The SMILES string of the molecule is C=NN(c1ncnc(N)c1N)C(C)C.